The summed E-state index contributed by atoms with van der Waals surface area (Å²) in [5.41, 5.74) is -0.448. The van der Waals surface area contributed by atoms with Gasteiger partial charge in [-0.15, -0.1) is 0 Å². The van der Waals surface area contributed by atoms with Gasteiger partial charge in [0.25, 0.3) is 0 Å². The average molecular weight is 266 g/mol. The van der Waals surface area contributed by atoms with Gasteiger partial charge < -0.3 is 19.7 Å². The Labute approximate surface area is 114 Å². The van der Waals surface area contributed by atoms with Gasteiger partial charge in [0, 0.05) is 25.7 Å². The van der Waals surface area contributed by atoms with E-state index in [1.54, 1.807) is 4.90 Å². The smallest absolute Gasteiger partial charge is 0.410 e. The molecule has 19 heavy (non-hydrogen) atoms. The van der Waals surface area contributed by atoms with Crippen LogP contribution in [0.25, 0.3) is 0 Å². The van der Waals surface area contributed by atoms with E-state index in [0.717, 1.165) is 18.7 Å². The summed E-state index contributed by atoms with van der Waals surface area (Å²) in [5.74, 6) is 0.870. The van der Waals surface area contributed by atoms with E-state index in [1.807, 2.05) is 39.1 Å². The number of carbonyl (C=O) groups excluding carboxylic acids is 1. The summed E-state index contributed by atoms with van der Waals surface area (Å²) in [6, 6.07) is 0. The lowest BCUT2D eigenvalue weighted by molar-refractivity contribution is 0.0260. The Kier molecular flexibility index (Phi) is 4.02. The molecule has 0 radical (unpaired) electrons. The maximum Gasteiger partial charge on any atom is 0.410 e. The molecular weight excluding hydrogens is 244 g/mol. The van der Waals surface area contributed by atoms with Crippen LogP contribution >= 0.6 is 0 Å². The van der Waals surface area contributed by atoms with E-state index in [-0.39, 0.29) is 12.2 Å². The number of likely N-dealkylation sites (tertiary alicyclic amines) is 1. The Balaban J connectivity index is 1.81. The molecule has 0 aliphatic carbocycles. The Hall–Kier alpha value is -1.65. The van der Waals surface area contributed by atoms with Crippen molar-refractivity contribution in [2.24, 2.45) is 0 Å². The molecule has 1 amide bonds. The Morgan fingerprint density at radius 3 is 2.89 bits per heavy atom. The molecule has 0 aromatic carbocycles. The monoisotopic (exact) mass is 266 g/mol. The van der Waals surface area contributed by atoms with Crippen LogP contribution in [0, 0.1) is 0 Å². The number of dihydropyridines is 1. The molecule has 1 saturated heterocycles. The molecule has 1 atom stereocenters. The van der Waals surface area contributed by atoms with Crippen molar-refractivity contribution in [1.29, 1.82) is 0 Å². The highest BCUT2D eigenvalue weighted by atomic mass is 16.6. The second-order valence-corrected chi connectivity index (χ2v) is 5.80. The van der Waals surface area contributed by atoms with E-state index < -0.39 is 5.60 Å². The van der Waals surface area contributed by atoms with Crippen molar-refractivity contribution in [3.63, 3.8) is 0 Å². The topological polar surface area (TPSA) is 50.8 Å². The third-order valence-electron chi connectivity index (χ3n) is 2.89. The summed E-state index contributed by atoms with van der Waals surface area (Å²) >= 11 is 0. The van der Waals surface area contributed by atoms with E-state index in [0.29, 0.717) is 13.1 Å². The van der Waals surface area contributed by atoms with Crippen LogP contribution in [0.1, 0.15) is 27.2 Å². The van der Waals surface area contributed by atoms with Gasteiger partial charge in [-0.25, -0.2) is 4.79 Å². The number of hydrogen-bond donors (Lipinski definition) is 1. The van der Waals surface area contributed by atoms with Gasteiger partial charge in [0.05, 0.1) is 6.54 Å². The largest absolute Gasteiger partial charge is 0.489 e. The highest BCUT2D eigenvalue weighted by Crippen LogP contribution is 2.19. The Bertz CT molecular complexity index is 396. The van der Waals surface area contributed by atoms with E-state index in [4.69, 9.17) is 9.47 Å². The Morgan fingerprint density at radius 1 is 1.47 bits per heavy atom. The van der Waals surface area contributed by atoms with Crippen LogP contribution in [0.4, 0.5) is 4.79 Å². The summed E-state index contributed by atoms with van der Waals surface area (Å²) in [4.78, 5) is 13.6. The first-order valence-electron chi connectivity index (χ1n) is 6.69. The second kappa shape index (κ2) is 5.55. The number of nitrogens with zero attached hydrogens (tertiary/aromatic N) is 1. The molecule has 0 aromatic rings. The van der Waals surface area contributed by atoms with Gasteiger partial charge >= 0.3 is 6.09 Å². The van der Waals surface area contributed by atoms with Crippen molar-refractivity contribution < 1.29 is 14.3 Å². The number of carbonyl (C=O) groups is 1. The predicted octanol–water partition coefficient (Wildman–Crippen LogP) is 2.01. The standard InChI is InChI=1S/C14H22N2O3/c1-14(2,3)19-13(17)16-9-6-12(10-16)18-11-4-7-15-8-5-11/h4-5,7,12,15H,6,8-10H2,1-3H3/t12-/m1/s1. The van der Waals surface area contributed by atoms with Crippen LogP contribution < -0.4 is 5.32 Å². The van der Waals surface area contributed by atoms with Crippen molar-refractivity contribution in [2.75, 3.05) is 19.6 Å². The zero-order valence-corrected chi connectivity index (χ0v) is 11.8. The average Bonchev–Trinajstić information content (AvgIpc) is 2.77. The summed E-state index contributed by atoms with van der Waals surface area (Å²) in [6.45, 7) is 7.69. The zero-order valence-electron chi connectivity index (χ0n) is 11.8. The molecule has 106 valence electrons. The van der Waals surface area contributed by atoms with Crippen molar-refractivity contribution in [3.8, 4) is 0 Å². The molecular formula is C14H22N2O3. The van der Waals surface area contributed by atoms with E-state index in [9.17, 15) is 4.79 Å². The minimum atomic E-state index is -0.448. The van der Waals surface area contributed by atoms with Gasteiger partial charge in [-0.2, -0.15) is 0 Å². The summed E-state index contributed by atoms with van der Waals surface area (Å²) in [5, 5.41) is 3.07. The van der Waals surface area contributed by atoms with E-state index >= 15 is 0 Å². The van der Waals surface area contributed by atoms with Crippen LogP contribution in [-0.2, 0) is 9.47 Å². The minimum absolute atomic E-state index is 0.0570. The van der Waals surface area contributed by atoms with Gasteiger partial charge in [0.1, 0.15) is 17.5 Å². The van der Waals surface area contributed by atoms with Crippen LogP contribution in [-0.4, -0.2) is 42.3 Å². The lowest BCUT2D eigenvalue weighted by Crippen LogP contribution is -2.36. The maximum atomic E-state index is 11.9. The first-order valence-corrected chi connectivity index (χ1v) is 6.69. The quantitative estimate of drug-likeness (QED) is 0.830. The van der Waals surface area contributed by atoms with Gasteiger partial charge in [-0.1, -0.05) is 0 Å². The molecule has 0 unspecified atom stereocenters. The molecule has 0 aromatic heterocycles. The number of amides is 1. The molecule has 0 saturated carbocycles. The molecule has 2 aliphatic heterocycles. The summed E-state index contributed by atoms with van der Waals surface area (Å²) in [6.07, 6.45) is 6.42. The highest BCUT2D eigenvalue weighted by molar-refractivity contribution is 5.68. The molecule has 1 fully saturated rings. The van der Waals surface area contributed by atoms with Gasteiger partial charge in [0.2, 0.25) is 0 Å². The van der Waals surface area contributed by atoms with Gasteiger partial charge in [0.15, 0.2) is 0 Å². The third-order valence-corrected chi connectivity index (χ3v) is 2.89. The van der Waals surface area contributed by atoms with E-state index in [1.165, 1.54) is 0 Å². The van der Waals surface area contributed by atoms with Crippen LogP contribution in [0.3, 0.4) is 0 Å². The summed E-state index contributed by atoms with van der Waals surface area (Å²) in [7, 11) is 0. The second-order valence-electron chi connectivity index (χ2n) is 5.80. The normalized spacial score (nSPS) is 22.8. The maximum absolute atomic E-state index is 11.9. The molecule has 2 aliphatic rings. The molecule has 0 bridgehead atoms. The molecule has 2 heterocycles. The van der Waals surface area contributed by atoms with Gasteiger partial charge in [-0.3, -0.25) is 0 Å². The summed E-state index contributed by atoms with van der Waals surface area (Å²) < 4.78 is 11.2. The number of ether oxygens (including phenoxy) is 2. The van der Waals surface area contributed by atoms with Crippen molar-refractivity contribution in [3.05, 3.63) is 24.1 Å². The fraction of sp³-hybridized carbons (Fsp3) is 0.643. The number of allylic oxidation sites excluding steroid dienone is 1. The zero-order chi connectivity index (χ0) is 13.9. The molecule has 5 heteroatoms. The highest BCUT2D eigenvalue weighted by Gasteiger charge is 2.30. The number of rotatable bonds is 2. The van der Waals surface area contributed by atoms with E-state index in [2.05, 4.69) is 5.32 Å². The van der Waals surface area contributed by atoms with Gasteiger partial charge in [-0.05, 0) is 32.9 Å². The SMILES string of the molecule is CC(C)(C)OC(=O)N1CC[C@@H](OC2=CCNC=C2)C1. The Morgan fingerprint density at radius 2 is 2.26 bits per heavy atom. The number of nitrogens with one attached hydrogen (secondary N) is 1. The van der Waals surface area contributed by atoms with Crippen molar-refractivity contribution >= 4 is 6.09 Å². The molecule has 0 spiro atoms. The fourth-order valence-electron chi connectivity index (χ4n) is 2.03. The predicted molar refractivity (Wildman–Crippen MR) is 72.5 cm³/mol. The fourth-order valence-corrected chi connectivity index (χ4v) is 2.03. The minimum Gasteiger partial charge on any atom is -0.489 e. The molecule has 1 N–H and O–H groups in total. The molecule has 5 nitrogen and oxygen atoms in total. The number of hydrogen-bond acceptors (Lipinski definition) is 4. The lowest BCUT2D eigenvalue weighted by Gasteiger charge is -2.24. The van der Waals surface area contributed by atoms with Crippen molar-refractivity contribution in [2.45, 2.75) is 38.9 Å². The third kappa shape index (κ3) is 4.19. The first kappa shape index (κ1) is 13.8. The van der Waals surface area contributed by atoms with Crippen LogP contribution in [0.5, 0.6) is 0 Å². The lowest BCUT2D eigenvalue weighted by atomic mass is 10.2. The molecule has 2 rings (SSSR count). The van der Waals surface area contributed by atoms with Crippen LogP contribution in [0.15, 0.2) is 24.1 Å². The first-order chi connectivity index (χ1) is 8.94. The van der Waals surface area contributed by atoms with Crippen LogP contribution in [0.2, 0.25) is 0 Å². The van der Waals surface area contributed by atoms with Crippen molar-refractivity contribution in [1.82, 2.24) is 10.2 Å².